The number of benzene rings is 2. The minimum Gasteiger partial charge on any atom is -0.493 e. The van der Waals surface area contributed by atoms with Crippen molar-refractivity contribution in [1.29, 1.82) is 0 Å². The molecule has 3 N–H and O–H groups in total. The van der Waals surface area contributed by atoms with Crippen LogP contribution < -0.4 is 20.1 Å². The maximum Gasteiger partial charge on any atom is 0.337 e. The fraction of sp³-hybridized carbons (Fsp3) is 0.105. The highest BCUT2D eigenvalue weighted by Gasteiger charge is 2.10. The van der Waals surface area contributed by atoms with E-state index in [1.54, 1.807) is 56.8 Å². The number of aromatic carboxylic acids is 1. The molecule has 0 atom stereocenters. The highest BCUT2D eigenvalue weighted by Crippen LogP contribution is 2.30. The number of nitrogens with zero attached hydrogens (tertiary/aromatic N) is 2. The van der Waals surface area contributed by atoms with Gasteiger partial charge in [0, 0.05) is 18.0 Å². The number of carboxylic acids is 1. The Kier molecular flexibility index (Phi) is 5.36. The maximum atomic E-state index is 11.3. The van der Waals surface area contributed by atoms with Crippen molar-refractivity contribution in [2.45, 2.75) is 0 Å². The predicted molar refractivity (Wildman–Crippen MR) is 102 cm³/mol. The van der Waals surface area contributed by atoms with E-state index >= 15 is 0 Å². The van der Waals surface area contributed by atoms with E-state index in [2.05, 4.69) is 20.6 Å². The standard InChI is InChI=1S/C19H18N4O4/c1-26-15-8-7-12(11-16(15)27-2)21-19-20-10-9-17(23-19)22-14-6-4-3-5-13(14)18(24)25/h3-11H,1-2H3,(H,24,25)(H2,20,21,22,23). The number of carbonyl (C=O) groups is 1. The van der Waals surface area contributed by atoms with Gasteiger partial charge >= 0.3 is 5.97 Å². The molecular weight excluding hydrogens is 348 g/mol. The van der Waals surface area contributed by atoms with Crippen LogP contribution in [0.4, 0.5) is 23.1 Å². The monoisotopic (exact) mass is 366 g/mol. The first-order valence-electron chi connectivity index (χ1n) is 8.02. The first-order chi connectivity index (χ1) is 13.1. The second-order valence-electron chi connectivity index (χ2n) is 5.44. The number of rotatable bonds is 7. The lowest BCUT2D eigenvalue weighted by Gasteiger charge is -2.12. The Balaban J connectivity index is 1.81. The lowest BCUT2D eigenvalue weighted by atomic mass is 10.2. The van der Waals surface area contributed by atoms with Crippen molar-refractivity contribution in [3.8, 4) is 11.5 Å². The number of aromatic nitrogens is 2. The van der Waals surface area contributed by atoms with Crippen LogP contribution in [0.1, 0.15) is 10.4 Å². The van der Waals surface area contributed by atoms with Gasteiger partial charge in [-0.1, -0.05) is 12.1 Å². The van der Waals surface area contributed by atoms with E-state index in [4.69, 9.17) is 9.47 Å². The summed E-state index contributed by atoms with van der Waals surface area (Å²) in [4.78, 5) is 19.9. The molecule has 0 aliphatic rings. The van der Waals surface area contributed by atoms with E-state index in [0.29, 0.717) is 29.0 Å². The first-order valence-corrected chi connectivity index (χ1v) is 8.02. The van der Waals surface area contributed by atoms with E-state index in [9.17, 15) is 9.90 Å². The molecule has 1 heterocycles. The summed E-state index contributed by atoms with van der Waals surface area (Å²) in [5.41, 5.74) is 1.32. The second kappa shape index (κ2) is 8.05. The van der Waals surface area contributed by atoms with Crippen LogP contribution in [-0.2, 0) is 0 Å². The fourth-order valence-electron chi connectivity index (χ4n) is 2.45. The number of hydrogen-bond acceptors (Lipinski definition) is 7. The summed E-state index contributed by atoms with van der Waals surface area (Å²) in [5, 5.41) is 15.4. The number of ether oxygens (including phenoxy) is 2. The lowest BCUT2D eigenvalue weighted by Crippen LogP contribution is -2.05. The molecule has 0 fully saturated rings. The van der Waals surface area contributed by atoms with Crippen molar-refractivity contribution in [3.63, 3.8) is 0 Å². The fourth-order valence-corrected chi connectivity index (χ4v) is 2.45. The topological polar surface area (TPSA) is 106 Å². The van der Waals surface area contributed by atoms with Gasteiger partial charge in [0.1, 0.15) is 5.82 Å². The van der Waals surface area contributed by atoms with Gasteiger partial charge in [-0.2, -0.15) is 4.98 Å². The maximum absolute atomic E-state index is 11.3. The van der Waals surface area contributed by atoms with Crippen LogP contribution in [0, 0.1) is 0 Å². The Morgan fingerprint density at radius 1 is 1.00 bits per heavy atom. The van der Waals surface area contributed by atoms with Crippen LogP contribution in [0.25, 0.3) is 0 Å². The molecule has 0 amide bonds. The first kappa shape index (κ1) is 18.0. The number of hydrogen-bond donors (Lipinski definition) is 3. The molecule has 0 bridgehead atoms. The minimum atomic E-state index is -1.02. The van der Waals surface area contributed by atoms with Crippen molar-refractivity contribution in [2.75, 3.05) is 24.9 Å². The summed E-state index contributed by atoms with van der Waals surface area (Å²) in [6.45, 7) is 0. The number of para-hydroxylation sites is 1. The summed E-state index contributed by atoms with van der Waals surface area (Å²) in [5.74, 6) is 0.981. The highest BCUT2D eigenvalue weighted by molar-refractivity contribution is 5.95. The van der Waals surface area contributed by atoms with Gasteiger partial charge < -0.3 is 25.2 Å². The van der Waals surface area contributed by atoms with Gasteiger partial charge in [-0.3, -0.25) is 0 Å². The minimum absolute atomic E-state index is 0.158. The zero-order valence-electron chi connectivity index (χ0n) is 14.8. The molecule has 3 rings (SSSR count). The number of anilines is 4. The predicted octanol–water partition coefficient (Wildman–Crippen LogP) is 3.68. The summed E-state index contributed by atoms with van der Waals surface area (Å²) in [6.07, 6.45) is 1.57. The summed E-state index contributed by atoms with van der Waals surface area (Å²) >= 11 is 0. The summed E-state index contributed by atoms with van der Waals surface area (Å²) in [7, 11) is 3.13. The third kappa shape index (κ3) is 4.24. The Labute approximate surface area is 155 Å². The summed E-state index contributed by atoms with van der Waals surface area (Å²) < 4.78 is 10.5. The van der Waals surface area contributed by atoms with Gasteiger partial charge in [-0.25, -0.2) is 9.78 Å². The molecule has 2 aromatic carbocycles. The molecule has 0 aliphatic carbocycles. The molecule has 0 saturated carbocycles. The average Bonchev–Trinajstić information content (AvgIpc) is 2.68. The van der Waals surface area contributed by atoms with Crippen LogP contribution in [-0.4, -0.2) is 35.3 Å². The molecule has 0 spiro atoms. The molecule has 8 heteroatoms. The third-order valence-corrected chi connectivity index (χ3v) is 3.72. The van der Waals surface area contributed by atoms with Crippen LogP contribution in [0.15, 0.2) is 54.7 Å². The molecule has 8 nitrogen and oxygen atoms in total. The second-order valence-corrected chi connectivity index (χ2v) is 5.44. The molecule has 1 aromatic heterocycles. The quantitative estimate of drug-likeness (QED) is 0.581. The van der Waals surface area contributed by atoms with E-state index in [-0.39, 0.29) is 5.56 Å². The Morgan fingerprint density at radius 2 is 1.78 bits per heavy atom. The number of methoxy groups -OCH3 is 2. The van der Waals surface area contributed by atoms with Gasteiger partial charge in [0.25, 0.3) is 0 Å². The lowest BCUT2D eigenvalue weighted by molar-refractivity contribution is 0.0698. The largest absolute Gasteiger partial charge is 0.493 e. The Bertz CT molecular complexity index is 962. The summed E-state index contributed by atoms with van der Waals surface area (Å²) in [6, 6.07) is 13.6. The molecule has 138 valence electrons. The third-order valence-electron chi connectivity index (χ3n) is 3.72. The smallest absolute Gasteiger partial charge is 0.337 e. The zero-order valence-corrected chi connectivity index (χ0v) is 14.8. The Morgan fingerprint density at radius 3 is 2.52 bits per heavy atom. The van der Waals surface area contributed by atoms with Crippen LogP contribution in [0.2, 0.25) is 0 Å². The van der Waals surface area contributed by atoms with Gasteiger partial charge in [-0.05, 0) is 30.3 Å². The highest BCUT2D eigenvalue weighted by atomic mass is 16.5. The van der Waals surface area contributed by atoms with Gasteiger partial charge in [0.15, 0.2) is 11.5 Å². The number of carboxylic acid groups (broad SMARTS) is 1. The van der Waals surface area contributed by atoms with E-state index in [1.807, 2.05) is 6.07 Å². The normalized spacial score (nSPS) is 10.1. The molecule has 0 saturated heterocycles. The van der Waals surface area contributed by atoms with Gasteiger partial charge in [0.2, 0.25) is 5.95 Å². The molecule has 0 unspecified atom stereocenters. The number of nitrogens with one attached hydrogen (secondary N) is 2. The average molecular weight is 366 g/mol. The van der Waals surface area contributed by atoms with E-state index < -0.39 is 5.97 Å². The van der Waals surface area contributed by atoms with Crippen molar-refractivity contribution in [3.05, 3.63) is 60.3 Å². The van der Waals surface area contributed by atoms with Crippen LogP contribution in [0.5, 0.6) is 11.5 Å². The Hall–Kier alpha value is -3.81. The van der Waals surface area contributed by atoms with Gasteiger partial charge in [-0.15, -0.1) is 0 Å². The molecular formula is C19H18N4O4. The van der Waals surface area contributed by atoms with E-state index in [1.165, 1.54) is 6.07 Å². The van der Waals surface area contributed by atoms with Crippen molar-refractivity contribution >= 4 is 29.1 Å². The van der Waals surface area contributed by atoms with Crippen molar-refractivity contribution in [2.24, 2.45) is 0 Å². The van der Waals surface area contributed by atoms with Gasteiger partial charge in [0.05, 0.1) is 25.5 Å². The molecule has 0 radical (unpaired) electrons. The molecule has 0 aliphatic heterocycles. The molecule has 3 aromatic rings. The van der Waals surface area contributed by atoms with Crippen LogP contribution in [0.3, 0.4) is 0 Å². The van der Waals surface area contributed by atoms with Crippen molar-refractivity contribution in [1.82, 2.24) is 9.97 Å². The SMILES string of the molecule is COc1ccc(Nc2nccc(Nc3ccccc3C(=O)O)n2)cc1OC. The zero-order chi connectivity index (χ0) is 19.2. The van der Waals surface area contributed by atoms with Crippen molar-refractivity contribution < 1.29 is 19.4 Å². The van der Waals surface area contributed by atoms with E-state index in [0.717, 1.165) is 5.69 Å². The molecule has 27 heavy (non-hydrogen) atoms. The van der Waals surface area contributed by atoms with Crippen LogP contribution >= 0.6 is 0 Å².